The quantitative estimate of drug-likeness (QED) is 0.432. The number of nitrogens with one attached hydrogen (secondary N) is 2. The number of rotatable bonds is 4. The lowest BCUT2D eigenvalue weighted by Crippen LogP contribution is -2.19. The number of aliphatic hydroxyl groups is 1. The fraction of sp³-hybridized carbons (Fsp3) is 0.269. The summed E-state index contributed by atoms with van der Waals surface area (Å²) >= 11 is 0. The smallest absolute Gasteiger partial charge is 0.416 e. The number of ether oxygens (including phenoxy) is 2. The molecule has 11 heteroatoms. The molecule has 1 aliphatic heterocycles. The van der Waals surface area contributed by atoms with Crippen molar-refractivity contribution in [3.8, 4) is 29.2 Å². The Hall–Kier alpha value is -4.30. The van der Waals surface area contributed by atoms with E-state index in [-0.39, 0.29) is 22.7 Å². The molecule has 1 amide bonds. The molecule has 1 aromatic heterocycles. The Morgan fingerprint density at radius 3 is 2.70 bits per heavy atom. The first kappa shape index (κ1) is 25.8. The molecule has 0 atom stereocenters. The van der Waals surface area contributed by atoms with Crippen LogP contribution in [-0.2, 0) is 6.18 Å². The first-order valence-electron chi connectivity index (χ1n) is 11.2. The van der Waals surface area contributed by atoms with E-state index in [1.165, 1.54) is 38.4 Å². The SMILES string of the molecule is Cc1ccc(C(=O)Nc2cc(C#CC(C)(C)O)cc(C(F)(F)F)c2)cc1Oc1ncnc2c1OCCN2. The molecule has 0 bridgehead atoms. The van der Waals surface area contributed by atoms with E-state index < -0.39 is 23.2 Å². The van der Waals surface area contributed by atoms with Gasteiger partial charge in [0, 0.05) is 16.8 Å². The molecule has 0 radical (unpaired) electrons. The highest BCUT2D eigenvalue weighted by molar-refractivity contribution is 6.04. The van der Waals surface area contributed by atoms with Crippen molar-refractivity contribution in [2.24, 2.45) is 0 Å². The van der Waals surface area contributed by atoms with Crippen LogP contribution in [0.25, 0.3) is 0 Å². The van der Waals surface area contributed by atoms with Gasteiger partial charge in [0.1, 0.15) is 24.3 Å². The van der Waals surface area contributed by atoms with Crippen molar-refractivity contribution >= 4 is 17.4 Å². The second kappa shape index (κ2) is 9.99. The summed E-state index contributed by atoms with van der Waals surface area (Å²) < 4.78 is 51.9. The highest BCUT2D eigenvalue weighted by Crippen LogP contribution is 2.37. The molecular formula is C26H23F3N4O4. The average molecular weight is 512 g/mol. The van der Waals surface area contributed by atoms with Gasteiger partial charge in [-0.15, -0.1) is 0 Å². The third-order valence-electron chi connectivity index (χ3n) is 5.10. The lowest BCUT2D eigenvalue weighted by molar-refractivity contribution is -0.137. The summed E-state index contributed by atoms with van der Waals surface area (Å²) in [5.41, 5.74) is -1.67. The van der Waals surface area contributed by atoms with Gasteiger partial charge in [0.2, 0.25) is 5.75 Å². The van der Waals surface area contributed by atoms with E-state index in [0.717, 1.165) is 12.1 Å². The molecule has 3 aromatic rings. The van der Waals surface area contributed by atoms with Crippen LogP contribution < -0.4 is 20.1 Å². The molecule has 3 N–H and O–H groups in total. The van der Waals surface area contributed by atoms with Crippen molar-refractivity contribution < 1.29 is 32.5 Å². The van der Waals surface area contributed by atoms with Crippen LogP contribution in [-0.4, -0.2) is 39.7 Å². The summed E-state index contributed by atoms with van der Waals surface area (Å²) in [6.45, 7) is 5.57. The standard InChI is InChI=1S/C26H23F3N4O4/c1-15-4-5-17(12-20(15)37-24-21-22(31-14-32-24)30-8-9-36-21)23(34)33-19-11-16(6-7-25(2,3)35)10-18(13-19)26(27,28)29/h4-5,10-14,35H,8-9H2,1-3H3,(H,33,34)(H,30,31,32). The molecule has 0 saturated heterocycles. The van der Waals surface area contributed by atoms with Crippen molar-refractivity contribution in [1.29, 1.82) is 0 Å². The Kier molecular flexibility index (Phi) is 6.96. The van der Waals surface area contributed by atoms with Gasteiger partial charge in [-0.1, -0.05) is 17.9 Å². The van der Waals surface area contributed by atoms with Crippen LogP contribution in [0.15, 0.2) is 42.7 Å². The predicted molar refractivity (Wildman–Crippen MR) is 130 cm³/mol. The number of fused-ring (bicyclic) bond motifs is 1. The zero-order chi connectivity index (χ0) is 26.8. The molecule has 8 nitrogen and oxygen atoms in total. The molecule has 192 valence electrons. The van der Waals surface area contributed by atoms with Crippen molar-refractivity contribution in [2.75, 3.05) is 23.8 Å². The van der Waals surface area contributed by atoms with Crippen molar-refractivity contribution in [3.63, 3.8) is 0 Å². The van der Waals surface area contributed by atoms with E-state index in [0.29, 0.717) is 36.0 Å². The van der Waals surface area contributed by atoms with Crippen molar-refractivity contribution in [1.82, 2.24) is 9.97 Å². The summed E-state index contributed by atoms with van der Waals surface area (Å²) in [5.74, 6) is 5.62. The number of carbonyl (C=O) groups excluding carboxylic acids is 1. The minimum atomic E-state index is -4.66. The van der Waals surface area contributed by atoms with Gasteiger partial charge in [-0.2, -0.15) is 18.2 Å². The number of anilines is 2. The van der Waals surface area contributed by atoms with E-state index in [4.69, 9.17) is 9.47 Å². The number of nitrogens with zero attached hydrogens (tertiary/aromatic N) is 2. The topological polar surface area (TPSA) is 106 Å². The summed E-state index contributed by atoms with van der Waals surface area (Å²) in [6.07, 6.45) is -3.35. The van der Waals surface area contributed by atoms with Gasteiger partial charge in [0.25, 0.3) is 11.8 Å². The summed E-state index contributed by atoms with van der Waals surface area (Å²) in [7, 11) is 0. The number of carbonyl (C=O) groups is 1. The monoisotopic (exact) mass is 512 g/mol. The van der Waals surface area contributed by atoms with Crippen LogP contribution >= 0.6 is 0 Å². The number of alkyl halides is 3. The van der Waals surface area contributed by atoms with Gasteiger partial charge in [-0.05, 0) is 56.7 Å². The molecule has 4 rings (SSSR count). The zero-order valence-electron chi connectivity index (χ0n) is 20.2. The second-order valence-corrected chi connectivity index (χ2v) is 8.77. The van der Waals surface area contributed by atoms with E-state index >= 15 is 0 Å². The number of amides is 1. The van der Waals surface area contributed by atoms with Crippen molar-refractivity contribution in [2.45, 2.75) is 32.5 Å². The number of aryl methyl sites for hydroxylation is 1. The number of halogens is 3. The Bertz CT molecular complexity index is 1410. The average Bonchev–Trinajstić information content (AvgIpc) is 2.83. The van der Waals surface area contributed by atoms with Crippen LogP contribution in [0.5, 0.6) is 17.4 Å². The Labute approximate surface area is 210 Å². The third-order valence-corrected chi connectivity index (χ3v) is 5.10. The van der Waals surface area contributed by atoms with Crippen LogP contribution in [0.1, 0.15) is 40.9 Å². The first-order chi connectivity index (χ1) is 17.4. The molecule has 0 spiro atoms. The Balaban J connectivity index is 1.61. The second-order valence-electron chi connectivity index (χ2n) is 8.77. The van der Waals surface area contributed by atoms with E-state index in [1.807, 2.05) is 0 Å². The maximum absolute atomic E-state index is 13.5. The van der Waals surface area contributed by atoms with E-state index in [1.54, 1.807) is 13.0 Å². The molecule has 0 unspecified atom stereocenters. The molecular weight excluding hydrogens is 489 g/mol. The number of hydrogen-bond donors (Lipinski definition) is 3. The van der Waals surface area contributed by atoms with E-state index in [9.17, 15) is 23.1 Å². The highest BCUT2D eigenvalue weighted by Gasteiger charge is 2.31. The van der Waals surface area contributed by atoms with Gasteiger partial charge < -0.3 is 25.2 Å². The van der Waals surface area contributed by atoms with Gasteiger partial charge in [0.05, 0.1) is 12.1 Å². The highest BCUT2D eigenvalue weighted by atomic mass is 19.4. The summed E-state index contributed by atoms with van der Waals surface area (Å²) in [4.78, 5) is 21.2. The van der Waals surface area contributed by atoms with E-state index in [2.05, 4.69) is 32.4 Å². The van der Waals surface area contributed by atoms with Crippen LogP contribution in [0.2, 0.25) is 0 Å². The Morgan fingerprint density at radius 2 is 1.97 bits per heavy atom. The van der Waals surface area contributed by atoms with Gasteiger partial charge in [-0.25, -0.2) is 4.98 Å². The lowest BCUT2D eigenvalue weighted by atomic mass is 10.1. The van der Waals surface area contributed by atoms with Crippen LogP contribution in [0.4, 0.5) is 24.7 Å². The molecule has 37 heavy (non-hydrogen) atoms. The maximum Gasteiger partial charge on any atom is 0.416 e. The zero-order valence-corrected chi connectivity index (χ0v) is 20.2. The maximum atomic E-state index is 13.5. The molecule has 0 saturated carbocycles. The fourth-order valence-corrected chi connectivity index (χ4v) is 3.33. The van der Waals surface area contributed by atoms with Gasteiger partial charge >= 0.3 is 6.18 Å². The fourth-order valence-electron chi connectivity index (χ4n) is 3.33. The molecule has 2 heterocycles. The third kappa shape index (κ3) is 6.48. The molecule has 0 aliphatic carbocycles. The predicted octanol–water partition coefficient (Wildman–Crippen LogP) is 4.78. The van der Waals surface area contributed by atoms with Crippen LogP contribution in [0, 0.1) is 18.8 Å². The first-order valence-corrected chi connectivity index (χ1v) is 11.2. The van der Waals surface area contributed by atoms with Crippen molar-refractivity contribution in [3.05, 3.63) is 65.0 Å². The van der Waals surface area contributed by atoms with Crippen LogP contribution in [0.3, 0.4) is 0 Å². The molecule has 2 aromatic carbocycles. The molecule has 1 aliphatic rings. The number of benzene rings is 2. The summed E-state index contributed by atoms with van der Waals surface area (Å²) in [6, 6.07) is 7.59. The largest absolute Gasteiger partial charge is 0.483 e. The van der Waals surface area contributed by atoms with Gasteiger partial charge in [0.15, 0.2) is 5.82 Å². The minimum Gasteiger partial charge on any atom is -0.483 e. The number of aromatic nitrogens is 2. The lowest BCUT2D eigenvalue weighted by Gasteiger charge is -2.20. The Morgan fingerprint density at radius 1 is 1.19 bits per heavy atom. The molecule has 0 fully saturated rings. The summed E-state index contributed by atoms with van der Waals surface area (Å²) in [5, 5.41) is 15.4. The number of hydrogen-bond acceptors (Lipinski definition) is 7. The normalized spacial score (nSPS) is 12.8. The van der Waals surface area contributed by atoms with Gasteiger partial charge in [-0.3, -0.25) is 4.79 Å². The minimum absolute atomic E-state index is 0.0117.